The molecular formula is C17H16N4OS. The lowest BCUT2D eigenvalue weighted by atomic mass is 9.95. The molecule has 1 aromatic heterocycles. The van der Waals surface area contributed by atoms with Crippen LogP contribution in [0.3, 0.4) is 0 Å². The van der Waals surface area contributed by atoms with E-state index in [0.29, 0.717) is 27.5 Å². The predicted molar refractivity (Wildman–Crippen MR) is 88.1 cm³/mol. The number of hydrogen-bond donors (Lipinski definition) is 2. The number of nitrogens with zero attached hydrogens (tertiary/aromatic N) is 2. The van der Waals surface area contributed by atoms with E-state index in [-0.39, 0.29) is 11.9 Å². The van der Waals surface area contributed by atoms with Crippen molar-refractivity contribution in [2.45, 2.75) is 37.4 Å². The molecule has 116 valence electrons. The van der Waals surface area contributed by atoms with Crippen molar-refractivity contribution in [1.29, 1.82) is 5.26 Å². The van der Waals surface area contributed by atoms with Gasteiger partial charge in [0.1, 0.15) is 9.88 Å². The van der Waals surface area contributed by atoms with Crippen molar-refractivity contribution < 1.29 is 4.79 Å². The van der Waals surface area contributed by atoms with E-state index in [1.54, 1.807) is 12.3 Å². The summed E-state index contributed by atoms with van der Waals surface area (Å²) in [5.74, 6) is -0.0671. The highest BCUT2D eigenvalue weighted by atomic mass is 32.1. The van der Waals surface area contributed by atoms with Crippen molar-refractivity contribution >= 4 is 17.2 Å². The largest absolute Gasteiger partial charge is 0.347 e. The maximum atomic E-state index is 12.4. The molecule has 3 heterocycles. The van der Waals surface area contributed by atoms with Crippen LogP contribution in [-0.4, -0.2) is 29.0 Å². The van der Waals surface area contributed by atoms with E-state index >= 15 is 0 Å². The first-order chi connectivity index (χ1) is 11.2. The Hall–Kier alpha value is -2.23. The van der Waals surface area contributed by atoms with E-state index in [2.05, 4.69) is 21.7 Å². The summed E-state index contributed by atoms with van der Waals surface area (Å²) in [6.45, 7) is 0. The smallest absolute Gasteiger partial charge is 0.263 e. The average Bonchev–Trinajstić information content (AvgIpc) is 3.31. The molecule has 0 radical (unpaired) electrons. The fourth-order valence-electron chi connectivity index (χ4n) is 3.49. The third-order valence-electron chi connectivity index (χ3n) is 4.62. The van der Waals surface area contributed by atoms with E-state index in [4.69, 9.17) is 0 Å². The Kier molecular flexibility index (Phi) is 3.60. The van der Waals surface area contributed by atoms with Gasteiger partial charge >= 0.3 is 0 Å². The van der Waals surface area contributed by atoms with E-state index < -0.39 is 0 Å². The molecule has 5 nitrogen and oxygen atoms in total. The number of nitriles is 1. The molecule has 3 unspecified atom stereocenters. The maximum Gasteiger partial charge on any atom is 0.263 e. The van der Waals surface area contributed by atoms with Crippen molar-refractivity contribution in [3.8, 4) is 16.6 Å². The van der Waals surface area contributed by atoms with Gasteiger partial charge in [-0.05, 0) is 25.3 Å². The van der Waals surface area contributed by atoms with Crippen molar-refractivity contribution in [3.05, 3.63) is 40.9 Å². The third-order valence-corrected chi connectivity index (χ3v) is 5.65. The summed E-state index contributed by atoms with van der Waals surface area (Å²) >= 11 is 1.33. The van der Waals surface area contributed by atoms with Crippen LogP contribution in [0.1, 0.15) is 34.5 Å². The van der Waals surface area contributed by atoms with Crippen molar-refractivity contribution in [2.24, 2.45) is 0 Å². The number of nitrogens with one attached hydrogen (secondary N) is 2. The minimum atomic E-state index is -0.0671. The Morgan fingerprint density at radius 1 is 1.39 bits per heavy atom. The quantitative estimate of drug-likeness (QED) is 0.908. The van der Waals surface area contributed by atoms with Crippen molar-refractivity contribution in [1.82, 2.24) is 15.6 Å². The third kappa shape index (κ3) is 2.62. The standard InChI is InChI=1S/C17H16N4OS/c18-8-10-3-1-2-4-12(10)17-19-9-15(23-17)16(22)21-14-7-11-5-6-13(14)20-11/h1-4,9,11,13-14,20H,5-7H2,(H,21,22). The molecule has 1 aromatic carbocycles. The monoisotopic (exact) mass is 324 g/mol. The first-order valence-corrected chi connectivity index (χ1v) is 8.58. The van der Waals surface area contributed by atoms with Gasteiger partial charge < -0.3 is 10.6 Å². The Morgan fingerprint density at radius 2 is 2.26 bits per heavy atom. The van der Waals surface area contributed by atoms with Gasteiger partial charge in [-0.1, -0.05) is 18.2 Å². The number of aromatic nitrogens is 1. The molecule has 2 saturated heterocycles. The molecular weight excluding hydrogens is 308 g/mol. The minimum absolute atomic E-state index is 0.0671. The molecule has 4 rings (SSSR count). The highest BCUT2D eigenvalue weighted by molar-refractivity contribution is 7.16. The van der Waals surface area contributed by atoms with Crippen molar-refractivity contribution in [2.75, 3.05) is 0 Å². The van der Waals surface area contributed by atoms with Gasteiger partial charge in [0.25, 0.3) is 5.91 Å². The molecule has 23 heavy (non-hydrogen) atoms. The first kappa shape index (κ1) is 14.4. The van der Waals surface area contributed by atoms with Gasteiger partial charge in [-0.3, -0.25) is 4.79 Å². The molecule has 2 aliphatic heterocycles. The van der Waals surface area contributed by atoms with Gasteiger partial charge in [-0.15, -0.1) is 11.3 Å². The zero-order chi connectivity index (χ0) is 15.8. The number of amides is 1. The zero-order valence-electron chi connectivity index (χ0n) is 12.5. The Bertz CT molecular complexity index is 794. The second-order valence-electron chi connectivity index (χ2n) is 6.05. The van der Waals surface area contributed by atoms with E-state index in [9.17, 15) is 10.1 Å². The summed E-state index contributed by atoms with van der Waals surface area (Å²) in [5.41, 5.74) is 1.35. The van der Waals surface area contributed by atoms with Gasteiger partial charge in [0, 0.05) is 23.7 Å². The summed E-state index contributed by atoms with van der Waals surface area (Å²) in [7, 11) is 0. The van der Waals surface area contributed by atoms with Crippen LogP contribution in [0.5, 0.6) is 0 Å². The molecule has 2 fully saturated rings. The molecule has 0 aliphatic carbocycles. The molecule has 2 aliphatic rings. The number of hydrogen-bond acceptors (Lipinski definition) is 5. The minimum Gasteiger partial charge on any atom is -0.347 e. The van der Waals surface area contributed by atoms with Gasteiger partial charge in [-0.25, -0.2) is 4.98 Å². The van der Waals surface area contributed by atoms with Crippen LogP contribution in [-0.2, 0) is 0 Å². The van der Waals surface area contributed by atoms with E-state index in [1.807, 2.05) is 18.2 Å². The highest BCUT2D eigenvalue weighted by Gasteiger charge is 2.39. The van der Waals surface area contributed by atoms with Crippen LogP contribution in [0, 0.1) is 11.3 Å². The summed E-state index contributed by atoms with van der Waals surface area (Å²) in [6, 6.07) is 10.7. The molecule has 3 atom stereocenters. The molecule has 2 aromatic rings. The number of fused-ring (bicyclic) bond motifs is 2. The Morgan fingerprint density at radius 3 is 3.00 bits per heavy atom. The first-order valence-electron chi connectivity index (χ1n) is 7.77. The second kappa shape index (κ2) is 5.76. The van der Waals surface area contributed by atoms with Gasteiger partial charge in [-0.2, -0.15) is 5.26 Å². The fourth-order valence-corrected chi connectivity index (χ4v) is 4.35. The van der Waals surface area contributed by atoms with E-state index in [1.165, 1.54) is 17.8 Å². The number of carbonyl (C=O) groups is 1. The van der Waals surface area contributed by atoms with Gasteiger partial charge in [0.2, 0.25) is 0 Å². The second-order valence-corrected chi connectivity index (χ2v) is 7.08. The van der Waals surface area contributed by atoms with Crippen LogP contribution in [0.15, 0.2) is 30.5 Å². The predicted octanol–water partition coefficient (Wildman–Crippen LogP) is 2.30. The average molecular weight is 324 g/mol. The van der Waals surface area contributed by atoms with Gasteiger partial charge in [0.15, 0.2) is 0 Å². The van der Waals surface area contributed by atoms with Crippen LogP contribution >= 0.6 is 11.3 Å². The summed E-state index contributed by atoms with van der Waals surface area (Å²) in [4.78, 5) is 17.4. The van der Waals surface area contributed by atoms with Crippen LogP contribution in [0.4, 0.5) is 0 Å². The SMILES string of the molecule is N#Cc1ccccc1-c1ncc(C(=O)NC2CC3CCC2N3)s1. The lowest BCUT2D eigenvalue weighted by Gasteiger charge is -2.20. The van der Waals surface area contributed by atoms with E-state index in [0.717, 1.165) is 18.4 Å². The number of rotatable bonds is 3. The normalized spacial score (nSPS) is 25.3. The highest BCUT2D eigenvalue weighted by Crippen LogP contribution is 2.30. The summed E-state index contributed by atoms with van der Waals surface area (Å²) < 4.78 is 0. The molecule has 0 saturated carbocycles. The molecule has 1 amide bonds. The van der Waals surface area contributed by atoms with Crippen LogP contribution in [0.25, 0.3) is 10.6 Å². The molecule has 2 bridgehead atoms. The zero-order valence-corrected chi connectivity index (χ0v) is 13.3. The molecule has 0 spiro atoms. The summed E-state index contributed by atoms with van der Waals surface area (Å²) in [6.07, 6.45) is 4.97. The summed E-state index contributed by atoms with van der Waals surface area (Å²) in [5, 5.41) is 16.5. The van der Waals surface area contributed by atoms with Crippen LogP contribution < -0.4 is 10.6 Å². The maximum absolute atomic E-state index is 12.4. The van der Waals surface area contributed by atoms with Crippen molar-refractivity contribution in [3.63, 3.8) is 0 Å². The Labute approximate surface area is 138 Å². The lowest BCUT2D eigenvalue weighted by Crippen LogP contribution is -2.42. The lowest BCUT2D eigenvalue weighted by molar-refractivity contribution is 0.0935. The number of benzene rings is 1. The van der Waals surface area contributed by atoms with Crippen LogP contribution in [0.2, 0.25) is 0 Å². The topological polar surface area (TPSA) is 77.8 Å². The molecule has 6 heteroatoms. The molecule has 2 N–H and O–H groups in total. The number of carbonyl (C=O) groups excluding carboxylic acids is 1. The Balaban J connectivity index is 1.51. The number of thiazole rings is 1. The van der Waals surface area contributed by atoms with Gasteiger partial charge in [0.05, 0.1) is 17.8 Å². The fraction of sp³-hybridized carbons (Fsp3) is 0.353.